The van der Waals surface area contributed by atoms with Gasteiger partial charge in [0.25, 0.3) is 5.91 Å². The molecule has 1 atom stereocenters. The fourth-order valence-corrected chi connectivity index (χ4v) is 2.23. The Morgan fingerprint density at radius 3 is 2.05 bits per heavy atom. The molecule has 2 aromatic rings. The maximum atomic E-state index is 12.3. The van der Waals surface area contributed by atoms with E-state index in [1.807, 2.05) is 61.5 Å². The second-order valence-corrected chi connectivity index (χ2v) is 6.43. The van der Waals surface area contributed by atoms with Gasteiger partial charge in [0.15, 0.2) is 0 Å². The molecule has 0 unspecified atom stereocenters. The van der Waals surface area contributed by atoms with Crippen molar-refractivity contribution in [3.8, 4) is 0 Å². The van der Waals surface area contributed by atoms with E-state index in [-0.39, 0.29) is 17.4 Å². The van der Waals surface area contributed by atoms with E-state index in [2.05, 4.69) is 26.1 Å². The minimum absolute atomic E-state index is 0.000919. The third-order valence-corrected chi connectivity index (χ3v) is 3.66. The number of nitrogens with one attached hydrogen (secondary N) is 1. The van der Waals surface area contributed by atoms with Crippen molar-refractivity contribution in [2.75, 3.05) is 0 Å². The lowest BCUT2D eigenvalue weighted by Gasteiger charge is -2.19. The Hall–Kier alpha value is -2.09. The second kappa shape index (κ2) is 6.13. The molecule has 0 saturated carbocycles. The summed E-state index contributed by atoms with van der Waals surface area (Å²) < 4.78 is 0. The molecular weight excluding hydrogens is 258 g/mol. The molecule has 0 saturated heterocycles. The van der Waals surface area contributed by atoms with Crippen LogP contribution in [0.2, 0.25) is 0 Å². The van der Waals surface area contributed by atoms with Crippen LogP contribution in [0.1, 0.15) is 55.2 Å². The zero-order valence-corrected chi connectivity index (χ0v) is 13.2. The van der Waals surface area contributed by atoms with Crippen LogP contribution in [0.25, 0.3) is 0 Å². The van der Waals surface area contributed by atoms with Gasteiger partial charge in [-0.15, -0.1) is 0 Å². The first-order valence-electron chi connectivity index (χ1n) is 7.34. The summed E-state index contributed by atoms with van der Waals surface area (Å²) in [4.78, 5) is 12.3. The van der Waals surface area contributed by atoms with Gasteiger partial charge in [-0.05, 0) is 35.6 Å². The Morgan fingerprint density at radius 2 is 1.52 bits per heavy atom. The second-order valence-electron chi connectivity index (χ2n) is 6.43. The van der Waals surface area contributed by atoms with Gasteiger partial charge in [-0.2, -0.15) is 0 Å². The van der Waals surface area contributed by atoms with E-state index >= 15 is 0 Å². The number of hydrogen-bond donors (Lipinski definition) is 1. The van der Waals surface area contributed by atoms with Crippen LogP contribution in [-0.4, -0.2) is 5.91 Å². The minimum atomic E-state index is -0.0354. The van der Waals surface area contributed by atoms with Crippen LogP contribution in [0.15, 0.2) is 54.6 Å². The van der Waals surface area contributed by atoms with Crippen LogP contribution in [0.4, 0.5) is 0 Å². The number of hydrogen-bond acceptors (Lipinski definition) is 1. The first-order valence-corrected chi connectivity index (χ1v) is 7.34. The van der Waals surface area contributed by atoms with E-state index in [1.54, 1.807) is 0 Å². The van der Waals surface area contributed by atoms with Crippen LogP contribution in [0.3, 0.4) is 0 Å². The van der Waals surface area contributed by atoms with Crippen molar-refractivity contribution in [3.05, 3.63) is 71.3 Å². The quantitative estimate of drug-likeness (QED) is 0.883. The number of carbonyl (C=O) groups is 1. The molecule has 0 fully saturated rings. The van der Waals surface area contributed by atoms with Gasteiger partial charge in [-0.3, -0.25) is 4.79 Å². The van der Waals surface area contributed by atoms with Crippen molar-refractivity contribution < 1.29 is 4.79 Å². The summed E-state index contributed by atoms with van der Waals surface area (Å²) in [5.41, 5.74) is 3.14. The molecule has 0 aliphatic rings. The Labute approximate surface area is 127 Å². The Bertz CT molecular complexity index is 594. The third-order valence-electron chi connectivity index (χ3n) is 3.66. The molecule has 1 N–H and O–H groups in total. The highest BCUT2D eigenvalue weighted by Crippen LogP contribution is 2.22. The Morgan fingerprint density at radius 1 is 0.952 bits per heavy atom. The van der Waals surface area contributed by atoms with Crippen LogP contribution in [-0.2, 0) is 5.41 Å². The summed E-state index contributed by atoms with van der Waals surface area (Å²) in [7, 11) is 0. The van der Waals surface area contributed by atoms with Crippen molar-refractivity contribution in [2.24, 2.45) is 0 Å². The van der Waals surface area contributed by atoms with Crippen molar-refractivity contribution in [1.29, 1.82) is 0 Å². The number of rotatable bonds is 3. The molecule has 0 radical (unpaired) electrons. The molecule has 110 valence electrons. The molecule has 2 heteroatoms. The summed E-state index contributed by atoms with van der Waals surface area (Å²) >= 11 is 0. The van der Waals surface area contributed by atoms with Crippen molar-refractivity contribution in [2.45, 2.75) is 39.2 Å². The fraction of sp³-hybridized carbons (Fsp3) is 0.316. The standard InChI is InChI=1S/C19H23NO/c1-14(15-8-6-5-7-9-15)20-18(21)16-10-12-17(13-11-16)19(2,3)4/h5-14H,1-4H3,(H,20,21)/t14-/m1/s1. The smallest absolute Gasteiger partial charge is 0.251 e. The Balaban J connectivity index is 2.07. The fourth-order valence-electron chi connectivity index (χ4n) is 2.23. The highest BCUT2D eigenvalue weighted by molar-refractivity contribution is 5.94. The van der Waals surface area contributed by atoms with E-state index < -0.39 is 0 Å². The molecule has 2 nitrogen and oxygen atoms in total. The van der Waals surface area contributed by atoms with Gasteiger partial charge in [0.2, 0.25) is 0 Å². The molecule has 2 aromatic carbocycles. The van der Waals surface area contributed by atoms with Crippen LogP contribution in [0, 0.1) is 0 Å². The molecule has 21 heavy (non-hydrogen) atoms. The maximum Gasteiger partial charge on any atom is 0.251 e. The lowest BCUT2D eigenvalue weighted by atomic mass is 9.86. The maximum absolute atomic E-state index is 12.3. The molecule has 0 spiro atoms. The average Bonchev–Trinajstić information content (AvgIpc) is 2.47. The van der Waals surface area contributed by atoms with Crippen LogP contribution >= 0.6 is 0 Å². The molecule has 0 aliphatic carbocycles. The molecular formula is C19H23NO. The normalized spacial score (nSPS) is 12.8. The molecule has 0 bridgehead atoms. The SMILES string of the molecule is C[C@@H](NC(=O)c1ccc(C(C)(C)C)cc1)c1ccccc1. The van der Waals surface area contributed by atoms with Gasteiger partial charge in [-0.25, -0.2) is 0 Å². The van der Waals surface area contributed by atoms with E-state index in [9.17, 15) is 4.79 Å². The lowest BCUT2D eigenvalue weighted by molar-refractivity contribution is 0.0940. The summed E-state index contributed by atoms with van der Waals surface area (Å²) in [5.74, 6) is -0.0354. The van der Waals surface area contributed by atoms with E-state index in [0.29, 0.717) is 5.56 Å². The van der Waals surface area contributed by atoms with Gasteiger partial charge in [0.1, 0.15) is 0 Å². The van der Waals surface area contributed by atoms with Gasteiger partial charge in [0, 0.05) is 5.56 Å². The largest absolute Gasteiger partial charge is 0.346 e. The monoisotopic (exact) mass is 281 g/mol. The summed E-state index contributed by atoms with van der Waals surface area (Å²) in [6.45, 7) is 8.50. The molecule has 1 amide bonds. The minimum Gasteiger partial charge on any atom is -0.346 e. The first-order chi connectivity index (χ1) is 9.88. The third kappa shape index (κ3) is 3.94. The Kier molecular flexibility index (Phi) is 4.46. The van der Waals surface area contributed by atoms with E-state index in [0.717, 1.165) is 5.56 Å². The first kappa shape index (κ1) is 15.3. The van der Waals surface area contributed by atoms with Crippen LogP contribution < -0.4 is 5.32 Å². The van der Waals surface area contributed by atoms with Crippen LogP contribution in [0.5, 0.6) is 0 Å². The van der Waals surface area contributed by atoms with Gasteiger partial charge in [-0.1, -0.05) is 63.2 Å². The van der Waals surface area contributed by atoms with E-state index in [4.69, 9.17) is 0 Å². The summed E-state index contributed by atoms with van der Waals surface area (Å²) in [6, 6.07) is 17.8. The van der Waals surface area contributed by atoms with Crippen molar-refractivity contribution >= 4 is 5.91 Å². The number of carbonyl (C=O) groups excluding carboxylic acids is 1. The number of amides is 1. The van der Waals surface area contributed by atoms with E-state index in [1.165, 1.54) is 5.56 Å². The highest BCUT2D eigenvalue weighted by atomic mass is 16.1. The molecule has 0 aliphatic heterocycles. The van der Waals surface area contributed by atoms with Gasteiger partial charge in [0.05, 0.1) is 6.04 Å². The number of benzene rings is 2. The average molecular weight is 281 g/mol. The molecule has 0 heterocycles. The summed E-state index contributed by atoms with van der Waals surface area (Å²) in [5, 5.41) is 3.03. The van der Waals surface area contributed by atoms with Gasteiger partial charge >= 0.3 is 0 Å². The zero-order valence-electron chi connectivity index (χ0n) is 13.2. The zero-order chi connectivity index (χ0) is 15.5. The predicted molar refractivity (Wildman–Crippen MR) is 87.5 cm³/mol. The lowest BCUT2D eigenvalue weighted by Crippen LogP contribution is -2.26. The molecule has 2 rings (SSSR count). The predicted octanol–water partition coefficient (Wildman–Crippen LogP) is 4.48. The highest BCUT2D eigenvalue weighted by Gasteiger charge is 2.15. The summed E-state index contributed by atoms with van der Waals surface area (Å²) in [6.07, 6.45) is 0. The van der Waals surface area contributed by atoms with Crippen molar-refractivity contribution in [1.82, 2.24) is 5.32 Å². The van der Waals surface area contributed by atoms with Crippen molar-refractivity contribution in [3.63, 3.8) is 0 Å². The molecule has 0 aromatic heterocycles. The van der Waals surface area contributed by atoms with Gasteiger partial charge < -0.3 is 5.32 Å². The topological polar surface area (TPSA) is 29.1 Å².